The minimum absolute atomic E-state index is 0.235. The number of fused-ring (bicyclic) bond motifs is 2. The van der Waals surface area contributed by atoms with E-state index in [0.717, 1.165) is 39.1 Å². The lowest BCUT2D eigenvalue weighted by atomic mass is 9.97. The first-order valence-corrected chi connectivity index (χ1v) is 9.81. The average molecular weight is 401 g/mol. The molecular weight excluding hydrogens is 381 g/mol. The molecule has 4 nitrogen and oxygen atoms in total. The van der Waals surface area contributed by atoms with Gasteiger partial charge in [-0.05, 0) is 48.7 Å². The van der Waals surface area contributed by atoms with Crippen LogP contribution in [-0.2, 0) is 6.54 Å². The number of rotatable bonds is 2. The van der Waals surface area contributed by atoms with Gasteiger partial charge in [0.25, 0.3) is 0 Å². The predicted molar refractivity (Wildman–Crippen MR) is 115 cm³/mol. The second-order valence-electron chi connectivity index (χ2n) is 7.62. The molecule has 0 saturated carbocycles. The third-order valence-corrected chi connectivity index (χ3v) is 5.62. The molecule has 1 aliphatic heterocycles. The van der Waals surface area contributed by atoms with Gasteiger partial charge in [-0.3, -0.25) is 0 Å². The molecule has 30 heavy (non-hydrogen) atoms. The summed E-state index contributed by atoms with van der Waals surface area (Å²) in [6.45, 7) is 4.52. The van der Waals surface area contributed by atoms with Crippen LogP contribution in [0, 0.1) is 19.7 Å². The first-order chi connectivity index (χ1) is 14.5. The van der Waals surface area contributed by atoms with Crippen LogP contribution < -0.4 is 15.3 Å². The molecule has 0 saturated heterocycles. The zero-order chi connectivity index (χ0) is 20.8. The van der Waals surface area contributed by atoms with Gasteiger partial charge in [-0.1, -0.05) is 36.4 Å². The standard InChI is InChI=1S/C25H20FNO3/c1-15-8-9-19(11-22(15)26)27-13-18-10-21-20(17-6-4-3-5-7-17)12-23(28)30-25(21)16(2)24(18)29-14-27/h3-12H,13-14H2,1-2H3. The van der Waals surface area contributed by atoms with E-state index in [4.69, 9.17) is 9.15 Å². The molecule has 5 rings (SSSR count). The van der Waals surface area contributed by atoms with Crippen molar-refractivity contribution >= 4 is 16.7 Å². The molecule has 0 atom stereocenters. The summed E-state index contributed by atoms with van der Waals surface area (Å²) in [4.78, 5) is 14.2. The highest BCUT2D eigenvalue weighted by molar-refractivity contribution is 5.96. The van der Waals surface area contributed by atoms with Crippen molar-refractivity contribution in [3.8, 4) is 16.9 Å². The van der Waals surface area contributed by atoms with Gasteiger partial charge in [-0.2, -0.15) is 0 Å². The highest BCUT2D eigenvalue weighted by Crippen LogP contribution is 2.39. The van der Waals surface area contributed by atoms with Crippen molar-refractivity contribution < 1.29 is 13.5 Å². The molecule has 1 aromatic heterocycles. The fraction of sp³-hybridized carbons (Fsp3) is 0.160. The zero-order valence-corrected chi connectivity index (χ0v) is 16.7. The zero-order valence-electron chi connectivity index (χ0n) is 16.7. The minimum atomic E-state index is -0.392. The lowest BCUT2D eigenvalue weighted by molar-refractivity contribution is 0.287. The lowest BCUT2D eigenvalue weighted by Gasteiger charge is -2.32. The molecule has 0 spiro atoms. The van der Waals surface area contributed by atoms with Crippen LogP contribution in [-0.4, -0.2) is 6.73 Å². The molecule has 0 radical (unpaired) electrons. The van der Waals surface area contributed by atoms with Crippen LogP contribution in [0.2, 0.25) is 0 Å². The quantitative estimate of drug-likeness (QED) is 0.412. The van der Waals surface area contributed by atoms with Crippen LogP contribution in [0.1, 0.15) is 16.7 Å². The molecule has 4 aromatic rings. The van der Waals surface area contributed by atoms with E-state index in [2.05, 4.69) is 0 Å². The summed E-state index contributed by atoms with van der Waals surface area (Å²) >= 11 is 0. The van der Waals surface area contributed by atoms with Crippen LogP contribution in [0.4, 0.5) is 10.1 Å². The monoisotopic (exact) mass is 401 g/mol. The molecule has 0 N–H and O–H groups in total. The van der Waals surface area contributed by atoms with Gasteiger partial charge in [0, 0.05) is 34.8 Å². The van der Waals surface area contributed by atoms with E-state index in [-0.39, 0.29) is 5.82 Å². The molecule has 150 valence electrons. The number of aryl methyl sites for hydroxylation is 2. The second-order valence-corrected chi connectivity index (χ2v) is 7.62. The van der Waals surface area contributed by atoms with Crippen molar-refractivity contribution in [2.45, 2.75) is 20.4 Å². The van der Waals surface area contributed by atoms with Crippen molar-refractivity contribution in [1.82, 2.24) is 0 Å². The van der Waals surface area contributed by atoms with Gasteiger partial charge in [-0.15, -0.1) is 0 Å². The molecule has 1 aliphatic rings. The summed E-state index contributed by atoms with van der Waals surface area (Å²) in [5, 5.41) is 0.859. The number of ether oxygens (including phenoxy) is 1. The normalized spacial score (nSPS) is 13.2. The maximum atomic E-state index is 14.1. The minimum Gasteiger partial charge on any atom is -0.472 e. The summed E-state index contributed by atoms with van der Waals surface area (Å²) in [7, 11) is 0. The lowest BCUT2D eigenvalue weighted by Crippen LogP contribution is -2.32. The van der Waals surface area contributed by atoms with E-state index >= 15 is 0 Å². The van der Waals surface area contributed by atoms with Crippen LogP contribution >= 0.6 is 0 Å². The fourth-order valence-corrected chi connectivity index (χ4v) is 4.02. The summed E-state index contributed by atoms with van der Waals surface area (Å²) < 4.78 is 25.7. The number of halogens is 1. The number of hydrogen-bond donors (Lipinski definition) is 0. The Bertz CT molecular complexity index is 1330. The third-order valence-electron chi connectivity index (χ3n) is 5.62. The van der Waals surface area contributed by atoms with E-state index in [1.807, 2.05) is 54.3 Å². The van der Waals surface area contributed by atoms with E-state index in [1.54, 1.807) is 13.0 Å². The van der Waals surface area contributed by atoms with Crippen molar-refractivity contribution in [2.75, 3.05) is 11.6 Å². The Kier molecular flexibility index (Phi) is 4.31. The topological polar surface area (TPSA) is 42.7 Å². The smallest absolute Gasteiger partial charge is 0.336 e. The number of hydrogen-bond acceptors (Lipinski definition) is 4. The third kappa shape index (κ3) is 3.03. The molecule has 0 amide bonds. The van der Waals surface area contributed by atoms with Crippen LogP contribution in [0.5, 0.6) is 5.75 Å². The number of anilines is 1. The Hall–Kier alpha value is -3.60. The van der Waals surface area contributed by atoms with E-state index in [9.17, 15) is 9.18 Å². The van der Waals surface area contributed by atoms with Crippen LogP contribution in [0.25, 0.3) is 22.1 Å². The SMILES string of the molecule is Cc1ccc(N2COc3c(cc4c(-c5ccccc5)cc(=O)oc4c3C)C2)cc1F. The van der Waals surface area contributed by atoms with Gasteiger partial charge in [-0.25, -0.2) is 9.18 Å². The highest BCUT2D eigenvalue weighted by Gasteiger charge is 2.24. The summed E-state index contributed by atoms with van der Waals surface area (Å²) in [6.07, 6.45) is 0. The summed E-state index contributed by atoms with van der Waals surface area (Å²) in [5.41, 5.74) is 5.07. The van der Waals surface area contributed by atoms with E-state index in [0.29, 0.717) is 24.4 Å². The Balaban J connectivity index is 1.66. The summed E-state index contributed by atoms with van der Waals surface area (Å²) in [5.74, 6) is 0.487. The second kappa shape index (κ2) is 7.02. The number of benzene rings is 3. The molecule has 2 heterocycles. The molecule has 0 unspecified atom stereocenters. The summed E-state index contributed by atoms with van der Waals surface area (Å²) in [6, 6.07) is 18.5. The molecular formula is C25H20FNO3. The number of nitrogens with zero attached hydrogens (tertiary/aromatic N) is 1. The molecule has 5 heteroatoms. The average Bonchev–Trinajstić information content (AvgIpc) is 2.76. The molecule has 0 bridgehead atoms. The maximum Gasteiger partial charge on any atom is 0.336 e. The maximum absolute atomic E-state index is 14.1. The van der Waals surface area contributed by atoms with E-state index in [1.165, 1.54) is 12.1 Å². The highest BCUT2D eigenvalue weighted by atomic mass is 19.1. The Morgan fingerprint density at radius 3 is 2.57 bits per heavy atom. The first kappa shape index (κ1) is 18.4. The molecule has 3 aromatic carbocycles. The van der Waals surface area contributed by atoms with Crippen molar-refractivity contribution in [3.63, 3.8) is 0 Å². The van der Waals surface area contributed by atoms with Gasteiger partial charge in [0.2, 0.25) is 0 Å². The van der Waals surface area contributed by atoms with Crippen molar-refractivity contribution in [2.24, 2.45) is 0 Å². The van der Waals surface area contributed by atoms with Crippen LogP contribution in [0.3, 0.4) is 0 Å². The van der Waals surface area contributed by atoms with Gasteiger partial charge in [0.1, 0.15) is 17.1 Å². The van der Waals surface area contributed by atoms with Gasteiger partial charge in [0.15, 0.2) is 6.73 Å². The Morgan fingerprint density at radius 1 is 1.00 bits per heavy atom. The van der Waals surface area contributed by atoms with Gasteiger partial charge >= 0.3 is 5.63 Å². The van der Waals surface area contributed by atoms with Gasteiger partial charge < -0.3 is 14.1 Å². The van der Waals surface area contributed by atoms with E-state index < -0.39 is 5.63 Å². The van der Waals surface area contributed by atoms with Crippen LogP contribution in [0.15, 0.2) is 69.9 Å². The van der Waals surface area contributed by atoms with Gasteiger partial charge in [0.05, 0.1) is 0 Å². The predicted octanol–water partition coefficient (Wildman–Crippen LogP) is 5.57. The fourth-order valence-electron chi connectivity index (χ4n) is 4.02. The molecule has 0 aliphatic carbocycles. The molecule has 0 fully saturated rings. The van der Waals surface area contributed by atoms with Crippen molar-refractivity contribution in [3.05, 3.63) is 93.6 Å². The van der Waals surface area contributed by atoms with Crippen molar-refractivity contribution in [1.29, 1.82) is 0 Å². The Morgan fingerprint density at radius 2 is 1.80 bits per heavy atom. The largest absolute Gasteiger partial charge is 0.472 e. The first-order valence-electron chi connectivity index (χ1n) is 9.81. The Labute approximate surface area is 173 Å².